The van der Waals surface area contributed by atoms with E-state index in [1.807, 2.05) is 24.3 Å². The Morgan fingerprint density at radius 3 is 2.46 bits per heavy atom. The van der Waals surface area contributed by atoms with E-state index < -0.39 is 0 Å². The minimum atomic E-state index is 0.0626. The molecule has 1 aromatic carbocycles. The number of benzene rings is 1. The molecule has 6 heterocycles. The number of carbonyl (C=O) groups excluding carboxylic acids is 1. The summed E-state index contributed by atoms with van der Waals surface area (Å²) in [6.45, 7) is 9.82. The highest BCUT2D eigenvalue weighted by Gasteiger charge is 2.68. The second-order valence-electron chi connectivity index (χ2n) is 13.9. The topological polar surface area (TPSA) is 25.2 Å². The molecule has 6 aliphatic rings. The molecule has 1 saturated heterocycles. The summed E-state index contributed by atoms with van der Waals surface area (Å²) in [4.78, 5) is 17.2. The molecular weight excluding hydrogens is 568 g/mol. The molecule has 6 atom stereocenters. The van der Waals surface area contributed by atoms with Crippen LogP contribution in [-0.4, -0.2) is 26.8 Å². The van der Waals surface area contributed by atoms with Gasteiger partial charge in [-0.15, -0.1) is 0 Å². The van der Waals surface area contributed by atoms with Crippen LogP contribution < -0.4 is 0 Å². The standard InChI is InChI=1S/C37H45BrN2O/c1-5-26-21(4)33(32-27(6-2)30-10-8-9-24-16-18-31(32)39(24)30)37-20-19-25-15-17-29(35(40(25)37)28(7-3)34(26)37)36(41)22-11-13-23(38)14-12-22/h11-14,21,24-26,33H,5-10,15-20H2,1-4H3/t21-,24-,25-,26+,33-,37+/m1/s1. The highest BCUT2D eigenvalue weighted by Crippen LogP contribution is 2.70. The largest absolute Gasteiger partial charge is 0.358 e. The minimum Gasteiger partial charge on any atom is -0.358 e. The van der Waals surface area contributed by atoms with Crippen molar-refractivity contribution in [2.45, 2.75) is 128 Å². The van der Waals surface area contributed by atoms with Gasteiger partial charge in [0.25, 0.3) is 0 Å². The Labute approximate surface area is 254 Å². The molecule has 216 valence electrons. The second kappa shape index (κ2) is 9.46. The van der Waals surface area contributed by atoms with E-state index in [0.29, 0.717) is 23.8 Å². The number of hydrogen-bond acceptors (Lipinski definition) is 2. The molecule has 3 nitrogen and oxygen atoms in total. The fourth-order valence-electron chi connectivity index (χ4n) is 11.3. The van der Waals surface area contributed by atoms with Gasteiger partial charge in [-0.05, 0) is 135 Å². The van der Waals surface area contributed by atoms with Crippen LogP contribution in [0.4, 0.5) is 0 Å². The van der Waals surface area contributed by atoms with Crippen molar-refractivity contribution >= 4 is 21.7 Å². The van der Waals surface area contributed by atoms with Gasteiger partial charge in [0, 0.05) is 50.7 Å². The monoisotopic (exact) mass is 612 g/mol. The van der Waals surface area contributed by atoms with Crippen LogP contribution in [0.3, 0.4) is 0 Å². The highest BCUT2D eigenvalue weighted by atomic mass is 79.9. The van der Waals surface area contributed by atoms with E-state index in [-0.39, 0.29) is 11.3 Å². The van der Waals surface area contributed by atoms with Gasteiger partial charge in [-0.3, -0.25) is 4.79 Å². The lowest BCUT2D eigenvalue weighted by atomic mass is 9.73. The van der Waals surface area contributed by atoms with E-state index in [4.69, 9.17) is 0 Å². The maximum absolute atomic E-state index is 14.2. The number of hydrogen-bond donors (Lipinski definition) is 0. The van der Waals surface area contributed by atoms with Gasteiger partial charge in [-0.1, -0.05) is 43.6 Å². The number of ketones is 1. The van der Waals surface area contributed by atoms with Crippen LogP contribution in [0.2, 0.25) is 0 Å². The minimum absolute atomic E-state index is 0.0626. The van der Waals surface area contributed by atoms with Crippen LogP contribution in [0, 0.1) is 11.8 Å². The van der Waals surface area contributed by atoms with Crippen LogP contribution in [0.25, 0.3) is 0 Å². The van der Waals surface area contributed by atoms with Crippen LogP contribution >= 0.6 is 15.9 Å². The third kappa shape index (κ3) is 3.29. The molecule has 1 aromatic heterocycles. The van der Waals surface area contributed by atoms with Crippen LogP contribution in [0.1, 0.15) is 130 Å². The van der Waals surface area contributed by atoms with Crippen LogP contribution in [-0.2, 0) is 19.3 Å². The lowest BCUT2D eigenvalue weighted by Gasteiger charge is -2.45. The van der Waals surface area contributed by atoms with E-state index in [2.05, 4.69) is 53.1 Å². The van der Waals surface area contributed by atoms with Crippen molar-refractivity contribution in [3.8, 4) is 0 Å². The smallest absolute Gasteiger partial charge is 0.191 e. The number of rotatable bonds is 6. The first-order valence-corrected chi connectivity index (χ1v) is 17.6. The van der Waals surface area contributed by atoms with Gasteiger partial charge in [0.05, 0.1) is 5.54 Å². The molecule has 8 rings (SSSR count). The van der Waals surface area contributed by atoms with Gasteiger partial charge in [0.15, 0.2) is 5.78 Å². The maximum Gasteiger partial charge on any atom is 0.191 e. The summed E-state index contributed by atoms with van der Waals surface area (Å²) in [5.74, 6) is 2.03. The lowest BCUT2D eigenvalue weighted by molar-refractivity contribution is 0.0999. The fourth-order valence-corrected chi connectivity index (χ4v) is 11.5. The summed E-state index contributed by atoms with van der Waals surface area (Å²) in [6.07, 6.45) is 14.6. The lowest BCUT2D eigenvalue weighted by Crippen LogP contribution is -2.48. The number of carbonyl (C=O) groups is 1. The van der Waals surface area contributed by atoms with Gasteiger partial charge >= 0.3 is 0 Å². The number of nitrogens with zero attached hydrogens (tertiary/aromatic N) is 2. The van der Waals surface area contributed by atoms with Crippen molar-refractivity contribution in [3.05, 3.63) is 79.2 Å². The Balaban J connectivity index is 1.37. The molecular formula is C37H45BrN2O. The Hall–Kier alpha value is -2.07. The number of allylic oxidation sites excluding steroid dienone is 2. The van der Waals surface area contributed by atoms with E-state index in [9.17, 15) is 4.79 Å². The molecule has 0 unspecified atom stereocenters. The number of halogens is 1. The van der Waals surface area contributed by atoms with E-state index in [0.717, 1.165) is 47.3 Å². The zero-order valence-electron chi connectivity index (χ0n) is 25.4. The molecule has 0 N–H and O–H groups in total. The Morgan fingerprint density at radius 2 is 1.73 bits per heavy atom. The number of aromatic nitrogens is 1. The fraction of sp³-hybridized carbons (Fsp3) is 0.595. The summed E-state index contributed by atoms with van der Waals surface area (Å²) in [7, 11) is 0. The zero-order chi connectivity index (χ0) is 28.2. The molecule has 1 spiro atoms. The van der Waals surface area contributed by atoms with Crippen molar-refractivity contribution in [1.29, 1.82) is 0 Å². The van der Waals surface area contributed by atoms with Crippen molar-refractivity contribution in [1.82, 2.24) is 9.47 Å². The molecule has 0 radical (unpaired) electrons. The molecule has 41 heavy (non-hydrogen) atoms. The van der Waals surface area contributed by atoms with Crippen molar-refractivity contribution in [2.75, 3.05) is 0 Å². The van der Waals surface area contributed by atoms with Gasteiger partial charge in [-0.2, -0.15) is 0 Å². The average molecular weight is 614 g/mol. The molecule has 0 bridgehead atoms. The average Bonchev–Trinajstić information content (AvgIpc) is 3.77. The predicted octanol–water partition coefficient (Wildman–Crippen LogP) is 9.25. The second-order valence-corrected chi connectivity index (χ2v) is 14.8. The Morgan fingerprint density at radius 1 is 0.951 bits per heavy atom. The first kappa shape index (κ1) is 26.5. The summed E-state index contributed by atoms with van der Waals surface area (Å²) < 4.78 is 3.89. The molecule has 4 heteroatoms. The third-order valence-corrected chi connectivity index (χ3v) is 13.0. The predicted molar refractivity (Wildman–Crippen MR) is 169 cm³/mol. The summed E-state index contributed by atoms with van der Waals surface area (Å²) in [6, 6.07) is 9.37. The summed E-state index contributed by atoms with van der Waals surface area (Å²) >= 11 is 3.57. The van der Waals surface area contributed by atoms with Crippen molar-refractivity contribution in [3.63, 3.8) is 0 Å². The quantitative estimate of drug-likeness (QED) is 0.304. The Kier molecular flexibility index (Phi) is 6.13. The zero-order valence-corrected chi connectivity index (χ0v) is 26.9. The summed E-state index contributed by atoms with van der Waals surface area (Å²) in [5, 5.41) is 0. The van der Waals surface area contributed by atoms with Crippen molar-refractivity contribution < 1.29 is 4.79 Å². The summed E-state index contributed by atoms with van der Waals surface area (Å²) in [5.41, 5.74) is 13.6. The van der Waals surface area contributed by atoms with E-state index in [1.165, 1.54) is 57.1 Å². The van der Waals surface area contributed by atoms with Crippen LogP contribution in [0.15, 0.2) is 51.2 Å². The molecule has 2 aromatic rings. The molecule has 1 saturated carbocycles. The molecule has 5 aliphatic heterocycles. The normalized spacial score (nSPS) is 33.1. The van der Waals surface area contributed by atoms with Crippen LogP contribution in [0.5, 0.6) is 0 Å². The Bertz CT molecular complexity index is 1500. The highest BCUT2D eigenvalue weighted by molar-refractivity contribution is 9.10. The van der Waals surface area contributed by atoms with E-state index >= 15 is 0 Å². The molecule has 0 amide bonds. The van der Waals surface area contributed by atoms with Gasteiger partial charge in [-0.25, -0.2) is 0 Å². The third-order valence-electron chi connectivity index (χ3n) is 12.5. The van der Waals surface area contributed by atoms with E-state index in [1.54, 1.807) is 33.7 Å². The van der Waals surface area contributed by atoms with Crippen molar-refractivity contribution in [2.24, 2.45) is 11.8 Å². The first-order valence-electron chi connectivity index (χ1n) is 16.8. The van der Waals surface area contributed by atoms with Gasteiger partial charge in [0.1, 0.15) is 0 Å². The van der Waals surface area contributed by atoms with Gasteiger partial charge in [0.2, 0.25) is 0 Å². The first-order chi connectivity index (χ1) is 20.0. The van der Waals surface area contributed by atoms with Gasteiger partial charge < -0.3 is 9.47 Å². The number of Topliss-reactive ketones (excluding diaryl/α,β-unsaturated/α-hetero) is 1. The molecule has 1 aliphatic carbocycles. The maximum atomic E-state index is 14.2. The molecule has 2 fully saturated rings. The SMILES string of the molecule is CCC1=C2[C@@H](CC)[C@@H](C)[C@H](c3c(CC)c4n5c3CC[C@H]5CCC4)[C@@]23CC[C@H]2CCC(C(=O)c4ccc(Br)cc4)=C1N23.